The van der Waals surface area contributed by atoms with Gasteiger partial charge in [0.25, 0.3) is 0 Å². The van der Waals surface area contributed by atoms with E-state index in [2.05, 4.69) is 26.9 Å². The molecule has 0 spiro atoms. The highest BCUT2D eigenvalue weighted by atomic mass is 19.1. The van der Waals surface area contributed by atoms with Gasteiger partial charge in [-0.3, -0.25) is 0 Å². The minimum Gasteiger partial charge on any atom is -0.487 e. The fraction of sp³-hybridized carbons (Fsp3) is 0.179. The van der Waals surface area contributed by atoms with Gasteiger partial charge in [-0.2, -0.15) is 0 Å². The number of hydrogen-bond acceptors (Lipinski definition) is 7. The molecule has 2 aromatic heterocycles. The quantitative estimate of drug-likeness (QED) is 0.228. The van der Waals surface area contributed by atoms with Gasteiger partial charge < -0.3 is 18.8 Å². The van der Waals surface area contributed by atoms with Crippen molar-refractivity contribution in [2.45, 2.75) is 18.9 Å². The normalized spacial score (nSPS) is 13.5. The SMILES string of the molecule is O=C(Oc1ccc(C#Cc2ccc(N3CCC(Oc4ccccc4F)CC3)nn2)cc1)c1ccco1. The van der Waals surface area contributed by atoms with Gasteiger partial charge in [-0.25, -0.2) is 9.18 Å². The number of carbonyl (C=O) groups is 1. The number of piperidine rings is 1. The third-order valence-electron chi connectivity index (χ3n) is 5.67. The van der Waals surface area contributed by atoms with E-state index >= 15 is 0 Å². The molecule has 4 aromatic rings. The number of hydrogen-bond donors (Lipinski definition) is 0. The molecule has 0 bridgehead atoms. The van der Waals surface area contributed by atoms with Crippen molar-refractivity contribution in [3.05, 3.63) is 102 Å². The van der Waals surface area contributed by atoms with Crippen molar-refractivity contribution in [3.63, 3.8) is 0 Å². The monoisotopic (exact) mass is 483 g/mol. The molecular formula is C28H22FN3O4. The van der Waals surface area contributed by atoms with E-state index < -0.39 is 5.97 Å². The van der Waals surface area contributed by atoms with Gasteiger partial charge in [-0.05, 0) is 66.6 Å². The summed E-state index contributed by atoms with van der Waals surface area (Å²) in [4.78, 5) is 14.1. The molecule has 1 aliphatic heterocycles. The fourth-order valence-corrected chi connectivity index (χ4v) is 3.78. The number of aromatic nitrogens is 2. The number of rotatable bonds is 5. The number of carbonyl (C=O) groups excluding carboxylic acids is 1. The zero-order valence-electron chi connectivity index (χ0n) is 19.3. The summed E-state index contributed by atoms with van der Waals surface area (Å²) >= 11 is 0. The van der Waals surface area contributed by atoms with Gasteiger partial charge >= 0.3 is 5.97 Å². The van der Waals surface area contributed by atoms with Crippen molar-refractivity contribution in [1.29, 1.82) is 0 Å². The third kappa shape index (κ3) is 5.70. The van der Waals surface area contributed by atoms with E-state index in [1.54, 1.807) is 54.6 Å². The molecule has 0 aliphatic carbocycles. The standard InChI is InChI=1S/C28H22FN3O4/c29-24-4-1-2-5-25(24)35-23-15-17-32(18-16-23)27-14-11-21(30-31-27)10-7-20-8-12-22(13-9-20)36-28(33)26-6-3-19-34-26/h1-6,8-9,11-14,19,23H,15-18H2. The van der Waals surface area contributed by atoms with Gasteiger partial charge in [-0.15, -0.1) is 10.2 Å². The van der Waals surface area contributed by atoms with Crippen LogP contribution in [-0.4, -0.2) is 35.4 Å². The molecule has 0 N–H and O–H groups in total. The van der Waals surface area contributed by atoms with Crippen LogP contribution in [0.5, 0.6) is 11.5 Å². The Morgan fingerprint density at radius 3 is 2.44 bits per heavy atom. The Bertz CT molecular complexity index is 1370. The lowest BCUT2D eigenvalue weighted by atomic mass is 10.1. The lowest BCUT2D eigenvalue weighted by Crippen LogP contribution is -2.38. The number of benzene rings is 2. The van der Waals surface area contributed by atoms with E-state index in [4.69, 9.17) is 13.9 Å². The minimum absolute atomic E-state index is 0.0312. The second kappa shape index (κ2) is 10.7. The molecule has 0 amide bonds. The lowest BCUT2D eigenvalue weighted by Gasteiger charge is -2.32. The van der Waals surface area contributed by atoms with Crippen LogP contribution in [0, 0.1) is 17.7 Å². The molecular weight excluding hydrogens is 461 g/mol. The molecule has 0 saturated carbocycles. The second-order valence-corrected chi connectivity index (χ2v) is 8.15. The zero-order valence-corrected chi connectivity index (χ0v) is 19.3. The fourth-order valence-electron chi connectivity index (χ4n) is 3.78. The molecule has 1 fully saturated rings. The number of esters is 1. The van der Waals surface area contributed by atoms with Crippen molar-refractivity contribution in [2.24, 2.45) is 0 Å². The highest BCUT2D eigenvalue weighted by Crippen LogP contribution is 2.23. The molecule has 0 atom stereocenters. The zero-order chi connectivity index (χ0) is 24.7. The second-order valence-electron chi connectivity index (χ2n) is 8.15. The maximum atomic E-state index is 13.8. The van der Waals surface area contributed by atoms with Crippen molar-refractivity contribution < 1.29 is 23.1 Å². The number of nitrogens with zero attached hydrogens (tertiary/aromatic N) is 3. The predicted octanol–water partition coefficient (Wildman–Crippen LogP) is 4.88. The summed E-state index contributed by atoms with van der Waals surface area (Å²) in [6.45, 7) is 1.49. The number of anilines is 1. The molecule has 2 aromatic carbocycles. The van der Waals surface area contributed by atoms with Gasteiger partial charge in [0.2, 0.25) is 5.76 Å². The van der Waals surface area contributed by atoms with Gasteiger partial charge in [-0.1, -0.05) is 18.1 Å². The Kier molecular flexibility index (Phi) is 6.90. The highest BCUT2D eigenvalue weighted by Gasteiger charge is 2.22. The maximum absolute atomic E-state index is 13.8. The first-order valence-corrected chi connectivity index (χ1v) is 11.5. The smallest absolute Gasteiger partial charge is 0.379 e. The summed E-state index contributed by atoms with van der Waals surface area (Å²) in [7, 11) is 0. The Morgan fingerprint density at radius 2 is 1.75 bits per heavy atom. The molecule has 7 nitrogen and oxygen atoms in total. The first kappa shape index (κ1) is 23.1. The highest BCUT2D eigenvalue weighted by molar-refractivity contribution is 5.88. The summed E-state index contributed by atoms with van der Waals surface area (Å²) in [6, 6.07) is 20.2. The van der Waals surface area contributed by atoms with Crippen LogP contribution in [0.25, 0.3) is 0 Å². The van der Waals surface area contributed by atoms with Gasteiger partial charge in [0.1, 0.15) is 17.5 Å². The summed E-state index contributed by atoms with van der Waals surface area (Å²) < 4.78 is 29.9. The van der Waals surface area contributed by atoms with Crippen molar-refractivity contribution in [3.8, 4) is 23.3 Å². The summed E-state index contributed by atoms with van der Waals surface area (Å²) in [5.74, 6) is 6.73. The number of halogens is 1. The average Bonchev–Trinajstić information content (AvgIpc) is 3.46. The summed E-state index contributed by atoms with van der Waals surface area (Å²) in [6.07, 6.45) is 2.92. The van der Waals surface area contributed by atoms with Gasteiger partial charge in [0.05, 0.1) is 6.26 Å². The number of furan rings is 1. The first-order chi connectivity index (χ1) is 17.6. The van der Waals surface area contributed by atoms with Crippen molar-refractivity contribution in [1.82, 2.24) is 10.2 Å². The van der Waals surface area contributed by atoms with Gasteiger partial charge in [0, 0.05) is 31.5 Å². The van der Waals surface area contributed by atoms with Crippen LogP contribution >= 0.6 is 0 Å². The summed E-state index contributed by atoms with van der Waals surface area (Å²) in [5.41, 5.74) is 1.29. The molecule has 0 radical (unpaired) electrons. The molecule has 180 valence electrons. The average molecular weight is 483 g/mol. The van der Waals surface area contributed by atoms with E-state index in [-0.39, 0.29) is 17.7 Å². The van der Waals surface area contributed by atoms with Gasteiger partial charge in [0.15, 0.2) is 17.4 Å². The number of ether oxygens (including phenoxy) is 2. The third-order valence-corrected chi connectivity index (χ3v) is 5.67. The van der Waals surface area contributed by atoms with Crippen LogP contribution in [0.15, 0.2) is 83.5 Å². The topological polar surface area (TPSA) is 77.7 Å². The van der Waals surface area contributed by atoms with Crippen LogP contribution < -0.4 is 14.4 Å². The van der Waals surface area contributed by atoms with E-state index in [9.17, 15) is 9.18 Å². The molecule has 5 rings (SSSR count). The Hall–Kier alpha value is -4.64. The number of para-hydroxylation sites is 1. The molecule has 36 heavy (non-hydrogen) atoms. The molecule has 0 unspecified atom stereocenters. The minimum atomic E-state index is -0.559. The molecule has 3 heterocycles. The molecule has 8 heteroatoms. The largest absolute Gasteiger partial charge is 0.487 e. The lowest BCUT2D eigenvalue weighted by molar-refractivity contribution is 0.0701. The van der Waals surface area contributed by atoms with E-state index in [0.29, 0.717) is 17.2 Å². The van der Waals surface area contributed by atoms with Crippen molar-refractivity contribution in [2.75, 3.05) is 18.0 Å². The van der Waals surface area contributed by atoms with E-state index in [1.165, 1.54) is 12.3 Å². The summed E-state index contributed by atoms with van der Waals surface area (Å²) in [5, 5.41) is 8.54. The van der Waals surface area contributed by atoms with Crippen LogP contribution in [0.3, 0.4) is 0 Å². The van der Waals surface area contributed by atoms with Crippen molar-refractivity contribution >= 4 is 11.8 Å². The van der Waals surface area contributed by atoms with E-state index in [1.807, 2.05) is 12.1 Å². The van der Waals surface area contributed by atoms with E-state index in [0.717, 1.165) is 37.3 Å². The first-order valence-electron chi connectivity index (χ1n) is 11.5. The molecule has 1 aliphatic rings. The van der Waals surface area contributed by atoms with Crippen LogP contribution in [-0.2, 0) is 0 Å². The Labute approximate surface area is 207 Å². The van der Waals surface area contributed by atoms with Crippen LogP contribution in [0.2, 0.25) is 0 Å². The molecule has 1 saturated heterocycles. The Balaban J connectivity index is 1.13. The predicted molar refractivity (Wildman–Crippen MR) is 130 cm³/mol. The maximum Gasteiger partial charge on any atom is 0.379 e. The van der Waals surface area contributed by atoms with Crippen LogP contribution in [0.1, 0.15) is 34.7 Å². The van der Waals surface area contributed by atoms with Crippen LogP contribution in [0.4, 0.5) is 10.2 Å². The Morgan fingerprint density at radius 1 is 0.944 bits per heavy atom.